The van der Waals surface area contributed by atoms with Crippen LogP contribution in [0.1, 0.15) is 74.1 Å². The lowest BCUT2D eigenvalue weighted by atomic mass is 9.69. The molecule has 0 radical (unpaired) electrons. The number of hydrogen-bond donors (Lipinski definition) is 1. The van der Waals surface area contributed by atoms with E-state index in [-0.39, 0.29) is 29.8 Å². The van der Waals surface area contributed by atoms with Crippen molar-refractivity contribution < 1.29 is 14.3 Å². The van der Waals surface area contributed by atoms with Crippen molar-refractivity contribution in [3.05, 3.63) is 71.0 Å². The van der Waals surface area contributed by atoms with Crippen LogP contribution in [-0.4, -0.2) is 29.1 Å². The molecule has 4 heteroatoms. The molecule has 1 aliphatic carbocycles. The molecule has 3 nitrogen and oxygen atoms in total. The minimum Gasteiger partial charge on any atom is -0.396 e. The van der Waals surface area contributed by atoms with Crippen LogP contribution in [0.2, 0.25) is 0 Å². The Hall–Kier alpha value is -2.20. The van der Waals surface area contributed by atoms with Crippen molar-refractivity contribution in [1.82, 2.24) is 4.90 Å². The zero-order valence-corrected chi connectivity index (χ0v) is 17.1. The number of carbonyl (C=O) groups is 1. The van der Waals surface area contributed by atoms with Crippen LogP contribution in [0.4, 0.5) is 4.39 Å². The van der Waals surface area contributed by atoms with Crippen LogP contribution in [0.5, 0.6) is 0 Å². The van der Waals surface area contributed by atoms with Gasteiger partial charge >= 0.3 is 0 Å². The summed E-state index contributed by atoms with van der Waals surface area (Å²) in [5, 5.41) is 9.37. The van der Waals surface area contributed by atoms with Gasteiger partial charge in [0.15, 0.2) is 0 Å². The molecule has 1 aliphatic heterocycles. The predicted molar refractivity (Wildman–Crippen MR) is 112 cm³/mol. The SMILES string of the molecule is C[C@@H](c1ccc(C2CC2)cc1)N1CCC(CCCO)(c2ccc(F)cc2)CC1=O. The Morgan fingerprint density at radius 2 is 1.83 bits per heavy atom. The number of halogens is 1. The van der Waals surface area contributed by atoms with Crippen LogP contribution in [0.3, 0.4) is 0 Å². The number of aliphatic hydroxyl groups excluding tert-OH is 1. The standard InChI is InChI=1S/C25H30FNO2/c1-18(19-3-5-20(6-4-19)21-7-8-21)27-15-14-25(13-2-16-28,17-24(27)29)22-9-11-23(26)12-10-22/h3-6,9-12,18,21,28H,2,7-8,13-17H2,1H3/t18-,25?/m0/s1. The fourth-order valence-electron chi connectivity index (χ4n) is 4.82. The van der Waals surface area contributed by atoms with Crippen molar-refractivity contribution in [2.75, 3.05) is 13.2 Å². The lowest BCUT2D eigenvalue weighted by molar-refractivity contribution is -0.138. The number of nitrogens with zero attached hydrogens (tertiary/aromatic N) is 1. The smallest absolute Gasteiger partial charge is 0.223 e. The Balaban J connectivity index is 1.51. The summed E-state index contributed by atoms with van der Waals surface area (Å²) in [5.74, 6) is 0.606. The van der Waals surface area contributed by atoms with Crippen molar-refractivity contribution in [3.8, 4) is 0 Å². The molecule has 1 unspecified atom stereocenters. The second-order valence-electron chi connectivity index (χ2n) is 8.75. The van der Waals surface area contributed by atoms with E-state index in [0.717, 1.165) is 24.3 Å². The molecular weight excluding hydrogens is 365 g/mol. The maximum absolute atomic E-state index is 13.4. The molecule has 1 saturated carbocycles. The highest BCUT2D eigenvalue weighted by atomic mass is 19.1. The van der Waals surface area contributed by atoms with Crippen molar-refractivity contribution in [1.29, 1.82) is 0 Å². The fourth-order valence-corrected chi connectivity index (χ4v) is 4.82. The van der Waals surface area contributed by atoms with Gasteiger partial charge in [-0.2, -0.15) is 0 Å². The van der Waals surface area contributed by atoms with Crippen molar-refractivity contribution in [3.63, 3.8) is 0 Å². The summed E-state index contributed by atoms with van der Waals surface area (Å²) in [6.07, 6.45) is 5.19. The van der Waals surface area contributed by atoms with E-state index in [9.17, 15) is 14.3 Å². The molecule has 1 amide bonds. The van der Waals surface area contributed by atoms with Gasteiger partial charge in [0.2, 0.25) is 5.91 Å². The first-order valence-corrected chi connectivity index (χ1v) is 10.8. The van der Waals surface area contributed by atoms with Crippen molar-refractivity contribution in [2.24, 2.45) is 0 Å². The summed E-state index contributed by atoms with van der Waals surface area (Å²) in [7, 11) is 0. The highest BCUT2D eigenvalue weighted by molar-refractivity contribution is 5.79. The molecular formula is C25H30FNO2. The van der Waals surface area contributed by atoms with Crippen LogP contribution in [0.15, 0.2) is 48.5 Å². The van der Waals surface area contributed by atoms with Gasteiger partial charge in [-0.25, -0.2) is 4.39 Å². The molecule has 0 spiro atoms. The van der Waals surface area contributed by atoms with Crippen LogP contribution < -0.4 is 0 Å². The maximum Gasteiger partial charge on any atom is 0.223 e. The third-order valence-electron chi connectivity index (χ3n) is 6.85. The highest BCUT2D eigenvalue weighted by Gasteiger charge is 2.41. The number of piperidine rings is 1. The topological polar surface area (TPSA) is 40.5 Å². The van der Waals surface area contributed by atoms with Gasteiger partial charge in [0.1, 0.15) is 5.82 Å². The molecule has 1 heterocycles. The third kappa shape index (κ3) is 4.23. The van der Waals surface area contributed by atoms with E-state index in [2.05, 4.69) is 31.2 Å². The Morgan fingerprint density at radius 3 is 2.41 bits per heavy atom. The van der Waals surface area contributed by atoms with Gasteiger partial charge in [0.05, 0.1) is 6.04 Å². The molecule has 29 heavy (non-hydrogen) atoms. The first-order valence-electron chi connectivity index (χ1n) is 10.8. The Kier molecular flexibility index (Phi) is 5.73. The van der Waals surface area contributed by atoms with Crippen LogP contribution in [-0.2, 0) is 10.2 Å². The monoisotopic (exact) mass is 395 g/mol. The summed E-state index contributed by atoms with van der Waals surface area (Å²) in [6.45, 7) is 2.88. The normalized spacial score (nSPS) is 23.3. The zero-order valence-electron chi connectivity index (χ0n) is 17.1. The zero-order chi connectivity index (χ0) is 20.4. The second kappa shape index (κ2) is 8.27. The first-order chi connectivity index (χ1) is 14.0. The van der Waals surface area contributed by atoms with Gasteiger partial charge in [0.25, 0.3) is 0 Å². The number of likely N-dealkylation sites (tertiary alicyclic amines) is 1. The summed E-state index contributed by atoms with van der Waals surface area (Å²) < 4.78 is 13.4. The van der Waals surface area contributed by atoms with Crippen LogP contribution in [0.25, 0.3) is 0 Å². The third-order valence-corrected chi connectivity index (χ3v) is 6.85. The van der Waals surface area contributed by atoms with E-state index < -0.39 is 0 Å². The van der Waals surface area contributed by atoms with Crippen molar-refractivity contribution >= 4 is 5.91 Å². The summed E-state index contributed by atoms with van der Waals surface area (Å²) >= 11 is 0. The molecule has 0 aromatic heterocycles. The number of hydrogen-bond acceptors (Lipinski definition) is 2. The minimum atomic E-state index is -0.320. The predicted octanol–water partition coefficient (Wildman–Crippen LogP) is 5.10. The molecule has 2 aromatic rings. The van der Waals surface area contributed by atoms with Gasteiger partial charge in [-0.3, -0.25) is 4.79 Å². The number of benzene rings is 2. The van der Waals surface area contributed by atoms with E-state index >= 15 is 0 Å². The largest absolute Gasteiger partial charge is 0.396 e. The molecule has 2 atom stereocenters. The van der Waals surface area contributed by atoms with E-state index in [4.69, 9.17) is 0 Å². The molecule has 4 rings (SSSR count). The number of carbonyl (C=O) groups excluding carboxylic acids is 1. The van der Waals surface area contributed by atoms with E-state index in [0.29, 0.717) is 19.4 Å². The molecule has 1 saturated heterocycles. The molecule has 2 aromatic carbocycles. The Morgan fingerprint density at radius 1 is 1.14 bits per heavy atom. The lowest BCUT2D eigenvalue weighted by Crippen LogP contribution is -2.47. The number of amides is 1. The fraction of sp³-hybridized carbons (Fsp3) is 0.480. The van der Waals surface area contributed by atoms with Crippen molar-refractivity contribution in [2.45, 2.75) is 62.8 Å². The Bertz CT molecular complexity index is 844. The lowest BCUT2D eigenvalue weighted by Gasteiger charge is -2.44. The van der Waals surface area contributed by atoms with Gasteiger partial charge < -0.3 is 10.0 Å². The van der Waals surface area contributed by atoms with Gasteiger partial charge in [-0.1, -0.05) is 36.4 Å². The average Bonchev–Trinajstić information content (AvgIpc) is 3.58. The van der Waals surface area contributed by atoms with E-state index in [1.54, 1.807) is 12.1 Å². The van der Waals surface area contributed by atoms with Crippen LogP contribution >= 0.6 is 0 Å². The van der Waals surface area contributed by atoms with E-state index in [1.807, 2.05) is 4.90 Å². The quantitative estimate of drug-likeness (QED) is 0.709. The second-order valence-corrected chi connectivity index (χ2v) is 8.75. The molecule has 2 aliphatic rings. The number of aliphatic hydroxyl groups is 1. The summed E-state index contributed by atoms with van der Waals surface area (Å²) in [5.41, 5.74) is 3.26. The maximum atomic E-state index is 13.4. The summed E-state index contributed by atoms with van der Waals surface area (Å²) in [4.78, 5) is 15.2. The van der Waals surface area contributed by atoms with E-state index in [1.165, 1.54) is 36.1 Å². The first kappa shape index (κ1) is 20.1. The molecule has 1 N–H and O–H groups in total. The Labute approximate surface area is 172 Å². The molecule has 0 bridgehead atoms. The summed E-state index contributed by atoms with van der Waals surface area (Å²) in [6, 6.07) is 15.3. The molecule has 2 fully saturated rings. The minimum absolute atomic E-state index is 0.0415. The van der Waals surface area contributed by atoms with Gasteiger partial charge in [-0.05, 0) is 73.8 Å². The number of rotatable bonds is 7. The van der Waals surface area contributed by atoms with Gasteiger partial charge in [0, 0.05) is 25.0 Å². The average molecular weight is 396 g/mol. The molecule has 154 valence electrons. The highest BCUT2D eigenvalue weighted by Crippen LogP contribution is 2.43. The van der Waals surface area contributed by atoms with Gasteiger partial charge in [-0.15, -0.1) is 0 Å². The van der Waals surface area contributed by atoms with Crippen LogP contribution in [0, 0.1) is 5.82 Å².